The first kappa shape index (κ1) is 19.0. The van der Waals surface area contributed by atoms with Crippen LogP contribution in [0.5, 0.6) is 11.5 Å². The average molecular weight is 335 g/mol. The van der Waals surface area contributed by atoms with Crippen LogP contribution in [0.1, 0.15) is 38.8 Å². The van der Waals surface area contributed by atoms with Gasteiger partial charge >= 0.3 is 0 Å². The summed E-state index contributed by atoms with van der Waals surface area (Å²) in [4.78, 5) is 5.02. The van der Waals surface area contributed by atoms with E-state index in [2.05, 4.69) is 42.7 Å². The van der Waals surface area contributed by atoms with Gasteiger partial charge in [0.1, 0.15) is 0 Å². The molecule has 2 atom stereocenters. The summed E-state index contributed by atoms with van der Waals surface area (Å²) < 4.78 is 11.3. The van der Waals surface area contributed by atoms with Gasteiger partial charge in [0.15, 0.2) is 11.5 Å². The summed E-state index contributed by atoms with van der Waals surface area (Å²) in [5.41, 5.74) is 7.35. The van der Waals surface area contributed by atoms with E-state index in [1.807, 2.05) is 6.07 Å². The lowest BCUT2D eigenvalue weighted by Gasteiger charge is -2.43. The summed E-state index contributed by atoms with van der Waals surface area (Å²) in [7, 11) is 1.68. The van der Waals surface area contributed by atoms with Crippen LogP contribution in [0, 0.1) is 0 Å². The van der Waals surface area contributed by atoms with E-state index in [0.29, 0.717) is 19.2 Å². The largest absolute Gasteiger partial charge is 0.493 e. The molecule has 1 aliphatic rings. The van der Waals surface area contributed by atoms with Crippen molar-refractivity contribution in [3.05, 3.63) is 23.8 Å². The van der Waals surface area contributed by atoms with Crippen LogP contribution in [-0.2, 0) is 0 Å². The smallest absolute Gasteiger partial charge is 0.161 e. The van der Waals surface area contributed by atoms with Crippen molar-refractivity contribution in [2.45, 2.75) is 39.3 Å². The number of methoxy groups -OCH3 is 1. The van der Waals surface area contributed by atoms with Crippen molar-refractivity contribution in [3.8, 4) is 11.5 Å². The molecule has 1 aromatic carbocycles. The molecule has 1 aliphatic heterocycles. The Balaban J connectivity index is 2.17. The Labute approximate surface area is 146 Å². The van der Waals surface area contributed by atoms with Gasteiger partial charge in [-0.3, -0.25) is 9.80 Å². The van der Waals surface area contributed by atoms with Crippen molar-refractivity contribution >= 4 is 0 Å². The third kappa shape index (κ3) is 4.41. The highest BCUT2D eigenvalue weighted by molar-refractivity contribution is 5.44. The number of hydrogen-bond acceptors (Lipinski definition) is 5. The Morgan fingerprint density at radius 3 is 2.62 bits per heavy atom. The Morgan fingerprint density at radius 2 is 2.04 bits per heavy atom. The van der Waals surface area contributed by atoms with Crippen molar-refractivity contribution in [2.24, 2.45) is 5.73 Å². The molecule has 0 aromatic heterocycles. The molecule has 2 N–H and O–H groups in total. The molecule has 0 amide bonds. The first-order valence-corrected chi connectivity index (χ1v) is 9.13. The molecule has 24 heavy (non-hydrogen) atoms. The van der Waals surface area contributed by atoms with Crippen molar-refractivity contribution < 1.29 is 9.47 Å². The monoisotopic (exact) mass is 335 g/mol. The van der Waals surface area contributed by atoms with Crippen molar-refractivity contribution in [1.29, 1.82) is 0 Å². The minimum atomic E-state index is 0.223. The lowest BCUT2D eigenvalue weighted by Crippen LogP contribution is -2.53. The van der Waals surface area contributed by atoms with Gasteiger partial charge in [-0.25, -0.2) is 0 Å². The number of ether oxygens (including phenoxy) is 2. The molecule has 1 aromatic rings. The second-order valence-corrected chi connectivity index (χ2v) is 6.48. The second-order valence-electron chi connectivity index (χ2n) is 6.48. The van der Waals surface area contributed by atoms with E-state index in [4.69, 9.17) is 15.2 Å². The maximum Gasteiger partial charge on any atom is 0.161 e. The molecule has 1 heterocycles. The standard InChI is InChI=1S/C19H33N3O2/c1-5-11-24-19-12-16(7-8-18(19)23-4)17(13-20)22-10-9-21(6-2)15(3)14-22/h7-8,12,15,17H,5-6,9-11,13-14,20H2,1-4H3. The second kappa shape index (κ2) is 9.25. The van der Waals surface area contributed by atoms with E-state index >= 15 is 0 Å². The topological polar surface area (TPSA) is 51.0 Å². The van der Waals surface area contributed by atoms with Gasteiger partial charge in [-0.05, 0) is 37.6 Å². The number of likely N-dealkylation sites (N-methyl/N-ethyl adjacent to an activating group) is 1. The van der Waals surface area contributed by atoms with Crippen LogP contribution in [0.2, 0.25) is 0 Å². The number of piperazine rings is 1. The third-order valence-electron chi connectivity index (χ3n) is 4.90. The molecule has 5 heteroatoms. The number of rotatable bonds is 8. The molecule has 0 saturated carbocycles. The van der Waals surface area contributed by atoms with E-state index in [1.54, 1.807) is 7.11 Å². The zero-order valence-electron chi connectivity index (χ0n) is 15.6. The lowest BCUT2D eigenvalue weighted by molar-refractivity contribution is 0.0605. The molecule has 1 saturated heterocycles. The molecule has 5 nitrogen and oxygen atoms in total. The van der Waals surface area contributed by atoms with E-state index in [-0.39, 0.29) is 6.04 Å². The fourth-order valence-electron chi connectivity index (χ4n) is 3.50. The molecule has 0 aliphatic carbocycles. The molecular weight excluding hydrogens is 302 g/mol. The SMILES string of the molecule is CCCOc1cc(C(CN)N2CCN(CC)C(C)C2)ccc1OC. The Hall–Kier alpha value is -1.30. The van der Waals surface area contributed by atoms with E-state index in [1.165, 1.54) is 5.56 Å². The quantitative estimate of drug-likeness (QED) is 0.791. The van der Waals surface area contributed by atoms with Crippen LogP contribution >= 0.6 is 0 Å². The molecule has 0 spiro atoms. The summed E-state index contributed by atoms with van der Waals surface area (Å²) >= 11 is 0. The number of nitrogens with two attached hydrogens (primary N) is 1. The first-order valence-electron chi connectivity index (χ1n) is 9.13. The Bertz CT molecular complexity index is 509. The zero-order chi connectivity index (χ0) is 17.5. The highest BCUT2D eigenvalue weighted by Gasteiger charge is 2.28. The predicted octanol–water partition coefficient (Wildman–Crippen LogP) is 2.51. The number of nitrogens with zero attached hydrogens (tertiary/aromatic N) is 2. The molecule has 2 unspecified atom stereocenters. The number of hydrogen-bond donors (Lipinski definition) is 1. The molecule has 2 rings (SSSR count). The lowest BCUT2D eigenvalue weighted by atomic mass is 10.0. The van der Waals surface area contributed by atoms with Gasteiger partial charge < -0.3 is 15.2 Å². The van der Waals surface area contributed by atoms with Crippen LogP contribution < -0.4 is 15.2 Å². The van der Waals surface area contributed by atoms with Crippen molar-refractivity contribution in [1.82, 2.24) is 9.80 Å². The fourth-order valence-corrected chi connectivity index (χ4v) is 3.50. The highest BCUT2D eigenvalue weighted by Crippen LogP contribution is 2.32. The molecular formula is C19H33N3O2. The third-order valence-corrected chi connectivity index (χ3v) is 4.90. The molecule has 136 valence electrons. The van der Waals surface area contributed by atoms with Crippen LogP contribution in [0.3, 0.4) is 0 Å². The zero-order valence-corrected chi connectivity index (χ0v) is 15.6. The summed E-state index contributed by atoms with van der Waals surface area (Å²) in [6.45, 7) is 12.2. The summed E-state index contributed by atoms with van der Waals surface area (Å²) in [6, 6.07) is 7.00. The van der Waals surface area contributed by atoms with Gasteiger partial charge in [-0.1, -0.05) is 19.9 Å². The van der Waals surface area contributed by atoms with Gasteiger partial charge in [0.2, 0.25) is 0 Å². The number of benzene rings is 1. The van der Waals surface area contributed by atoms with Crippen molar-refractivity contribution in [3.63, 3.8) is 0 Å². The fraction of sp³-hybridized carbons (Fsp3) is 0.684. The van der Waals surface area contributed by atoms with E-state index in [0.717, 1.165) is 44.1 Å². The van der Waals surface area contributed by atoms with Crippen LogP contribution in [0.4, 0.5) is 0 Å². The van der Waals surface area contributed by atoms with Gasteiger partial charge in [0.05, 0.1) is 13.7 Å². The Morgan fingerprint density at radius 1 is 1.25 bits per heavy atom. The molecule has 0 radical (unpaired) electrons. The Kier molecular flexibility index (Phi) is 7.34. The predicted molar refractivity (Wildman–Crippen MR) is 98.9 cm³/mol. The minimum Gasteiger partial charge on any atom is -0.493 e. The van der Waals surface area contributed by atoms with Crippen molar-refractivity contribution in [2.75, 3.05) is 46.4 Å². The van der Waals surface area contributed by atoms with Crippen LogP contribution in [0.25, 0.3) is 0 Å². The van der Waals surface area contributed by atoms with Gasteiger partial charge in [-0.2, -0.15) is 0 Å². The summed E-state index contributed by atoms with van der Waals surface area (Å²) in [5.74, 6) is 1.60. The molecule has 1 fully saturated rings. The van der Waals surface area contributed by atoms with Gasteiger partial charge in [0.25, 0.3) is 0 Å². The van der Waals surface area contributed by atoms with Gasteiger partial charge in [-0.15, -0.1) is 0 Å². The first-order chi connectivity index (χ1) is 11.6. The summed E-state index contributed by atoms with van der Waals surface area (Å²) in [5, 5.41) is 0. The minimum absolute atomic E-state index is 0.223. The van der Waals surface area contributed by atoms with E-state index in [9.17, 15) is 0 Å². The molecule has 0 bridgehead atoms. The van der Waals surface area contributed by atoms with Crippen LogP contribution in [-0.4, -0.2) is 62.3 Å². The van der Waals surface area contributed by atoms with E-state index < -0.39 is 0 Å². The normalized spacial score (nSPS) is 20.8. The summed E-state index contributed by atoms with van der Waals surface area (Å²) in [6.07, 6.45) is 0.976. The highest BCUT2D eigenvalue weighted by atomic mass is 16.5. The average Bonchev–Trinajstić information content (AvgIpc) is 2.61. The maximum atomic E-state index is 6.14. The van der Waals surface area contributed by atoms with Crippen LogP contribution in [0.15, 0.2) is 18.2 Å². The van der Waals surface area contributed by atoms with Gasteiger partial charge in [0, 0.05) is 38.3 Å². The maximum absolute atomic E-state index is 6.14.